The van der Waals surface area contributed by atoms with Gasteiger partial charge in [0.1, 0.15) is 5.02 Å². The predicted octanol–water partition coefficient (Wildman–Crippen LogP) is 2.78. The largest absolute Gasteiger partial charge is 0.364 e. The van der Waals surface area contributed by atoms with Crippen LogP contribution in [-0.4, -0.2) is 21.4 Å². The minimum Gasteiger partial charge on any atom is -0.364 e. The fourth-order valence-corrected chi connectivity index (χ4v) is 2.59. The van der Waals surface area contributed by atoms with Crippen molar-refractivity contribution in [1.82, 2.24) is 9.97 Å². The fourth-order valence-electron chi connectivity index (χ4n) is 2.08. The van der Waals surface area contributed by atoms with Crippen LogP contribution in [0.1, 0.15) is 32.1 Å². The Hall–Kier alpha value is -0.740. The van der Waals surface area contributed by atoms with Gasteiger partial charge in [0.05, 0.1) is 11.7 Å². The van der Waals surface area contributed by atoms with Crippen LogP contribution in [0.15, 0.2) is 11.1 Å². The van der Waals surface area contributed by atoms with E-state index in [0.29, 0.717) is 5.82 Å². The zero-order valence-electron chi connectivity index (χ0n) is 9.38. The lowest BCUT2D eigenvalue weighted by Crippen LogP contribution is -2.30. The first kappa shape index (κ1) is 12.7. The molecule has 17 heavy (non-hydrogen) atoms. The van der Waals surface area contributed by atoms with E-state index in [1.54, 1.807) is 0 Å². The minimum absolute atomic E-state index is 0.0645. The maximum Gasteiger partial charge on any atom is 0.271 e. The van der Waals surface area contributed by atoms with Gasteiger partial charge in [-0.05, 0) is 12.8 Å². The number of alkyl halides is 1. The lowest BCUT2D eigenvalue weighted by molar-refractivity contribution is 0.624. The van der Waals surface area contributed by atoms with Crippen molar-refractivity contribution in [2.45, 2.75) is 43.5 Å². The molecule has 0 radical (unpaired) electrons. The number of hydrogen-bond acceptors (Lipinski definition) is 3. The summed E-state index contributed by atoms with van der Waals surface area (Å²) in [5.74, 6) is 0.424. The second-order valence-corrected chi connectivity index (χ2v) is 5.24. The summed E-state index contributed by atoms with van der Waals surface area (Å²) in [5, 5.41) is 3.35. The Morgan fingerprint density at radius 2 is 2.12 bits per heavy atom. The van der Waals surface area contributed by atoms with Gasteiger partial charge in [0.2, 0.25) is 0 Å². The molecule has 2 N–H and O–H groups in total. The van der Waals surface area contributed by atoms with Crippen LogP contribution in [0.4, 0.5) is 5.82 Å². The molecule has 1 fully saturated rings. The first-order valence-electron chi connectivity index (χ1n) is 5.82. The molecule has 1 aliphatic carbocycles. The maximum atomic E-state index is 11.3. The molecule has 0 aromatic carbocycles. The normalized spacial score (nSPS) is 25.3. The second-order valence-electron chi connectivity index (χ2n) is 4.30. The minimum atomic E-state index is -0.330. The third-order valence-corrected chi connectivity index (χ3v) is 3.92. The molecule has 0 spiro atoms. The topological polar surface area (TPSA) is 57.8 Å². The van der Waals surface area contributed by atoms with E-state index in [9.17, 15) is 4.79 Å². The molecule has 2 unspecified atom stereocenters. The Bertz CT molecular complexity index is 435. The molecule has 6 heteroatoms. The molecule has 0 aliphatic heterocycles. The Balaban J connectivity index is 2.13. The quantitative estimate of drug-likeness (QED) is 0.645. The Morgan fingerprint density at radius 3 is 2.94 bits per heavy atom. The van der Waals surface area contributed by atoms with Crippen molar-refractivity contribution in [3.05, 3.63) is 21.7 Å². The molecular weight excluding hydrogens is 261 g/mol. The van der Waals surface area contributed by atoms with Crippen LogP contribution >= 0.6 is 23.2 Å². The monoisotopic (exact) mass is 275 g/mol. The highest BCUT2D eigenvalue weighted by molar-refractivity contribution is 6.32. The van der Waals surface area contributed by atoms with Gasteiger partial charge in [-0.1, -0.05) is 30.9 Å². The number of H-pyrrole nitrogens is 1. The summed E-state index contributed by atoms with van der Waals surface area (Å²) in [4.78, 5) is 17.8. The molecule has 0 amide bonds. The van der Waals surface area contributed by atoms with Crippen molar-refractivity contribution in [3.63, 3.8) is 0 Å². The molecule has 1 aromatic heterocycles. The number of nitrogens with one attached hydrogen (secondary N) is 2. The maximum absolute atomic E-state index is 11.3. The number of nitrogens with zero attached hydrogens (tertiary/aromatic N) is 1. The molecule has 0 saturated heterocycles. The lowest BCUT2D eigenvalue weighted by atomic mass is 10.1. The first-order valence-corrected chi connectivity index (χ1v) is 6.63. The SMILES string of the molecule is O=c1[nH]cnc(NC2CCCCCC2Cl)c1Cl. The fraction of sp³-hybridized carbons (Fsp3) is 0.636. The summed E-state index contributed by atoms with van der Waals surface area (Å²) in [6.07, 6.45) is 6.82. The van der Waals surface area contributed by atoms with Gasteiger partial charge in [-0.25, -0.2) is 4.98 Å². The van der Waals surface area contributed by atoms with E-state index < -0.39 is 0 Å². The van der Waals surface area contributed by atoms with Gasteiger partial charge < -0.3 is 10.3 Å². The number of anilines is 1. The molecule has 1 aliphatic rings. The van der Waals surface area contributed by atoms with Crippen molar-refractivity contribution >= 4 is 29.0 Å². The van der Waals surface area contributed by atoms with Crippen LogP contribution in [0.5, 0.6) is 0 Å². The van der Waals surface area contributed by atoms with Crippen molar-refractivity contribution < 1.29 is 0 Å². The van der Waals surface area contributed by atoms with Crippen molar-refractivity contribution in [3.8, 4) is 0 Å². The molecule has 1 saturated carbocycles. The van der Waals surface area contributed by atoms with Crippen molar-refractivity contribution in [1.29, 1.82) is 0 Å². The Labute approximate surface area is 110 Å². The van der Waals surface area contributed by atoms with Crippen molar-refractivity contribution in [2.24, 2.45) is 0 Å². The van der Waals surface area contributed by atoms with Gasteiger partial charge in [-0.15, -0.1) is 11.6 Å². The third kappa shape index (κ3) is 3.13. The van der Waals surface area contributed by atoms with Gasteiger partial charge >= 0.3 is 0 Å². The van der Waals surface area contributed by atoms with Crippen LogP contribution in [0.25, 0.3) is 0 Å². The highest BCUT2D eigenvalue weighted by Gasteiger charge is 2.22. The van der Waals surface area contributed by atoms with Crippen LogP contribution in [0.3, 0.4) is 0 Å². The zero-order chi connectivity index (χ0) is 12.3. The summed E-state index contributed by atoms with van der Waals surface area (Å²) in [7, 11) is 0. The number of aromatic nitrogens is 2. The molecule has 94 valence electrons. The number of halogens is 2. The van der Waals surface area contributed by atoms with Crippen molar-refractivity contribution in [2.75, 3.05) is 5.32 Å². The molecule has 1 aromatic rings. The average Bonchev–Trinajstić information content (AvgIpc) is 2.51. The Morgan fingerprint density at radius 1 is 1.35 bits per heavy atom. The van der Waals surface area contributed by atoms with Gasteiger partial charge in [0, 0.05) is 6.04 Å². The third-order valence-electron chi connectivity index (χ3n) is 3.05. The summed E-state index contributed by atoms with van der Waals surface area (Å²) in [5.41, 5.74) is -0.330. The second kappa shape index (κ2) is 5.74. The number of aromatic amines is 1. The molecule has 2 rings (SSSR count). The summed E-state index contributed by atoms with van der Waals surface area (Å²) in [6.45, 7) is 0. The van der Waals surface area contributed by atoms with Crippen LogP contribution < -0.4 is 10.9 Å². The molecular formula is C11H15Cl2N3O. The van der Waals surface area contributed by atoms with E-state index >= 15 is 0 Å². The van der Waals surface area contributed by atoms with Gasteiger partial charge in [-0.3, -0.25) is 4.79 Å². The average molecular weight is 276 g/mol. The van der Waals surface area contributed by atoms with E-state index in [1.807, 2.05) is 0 Å². The van der Waals surface area contributed by atoms with Gasteiger partial charge in [0.15, 0.2) is 5.82 Å². The van der Waals surface area contributed by atoms with E-state index in [0.717, 1.165) is 25.7 Å². The van der Waals surface area contributed by atoms with Gasteiger partial charge in [-0.2, -0.15) is 0 Å². The Kier molecular flexibility index (Phi) is 4.29. The van der Waals surface area contributed by atoms with Crippen LogP contribution in [-0.2, 0) is 0 Å². The van der Waals surface area contributed by atoms with Gasteiger partial charge in [0.25, 0.3) is 5.56 Å². The number of hydrogen-bond donors (Lipinski definition) is 2. The summed E-state index contributed by atoms with van der Waals surface area (Å²) < 4.78 is 0. The first-order chi connectivity index (χ1) is 8.18. The number of rotatable bonds is 2. The molecule has 1 heterocycles. The summed E-state index contributed by atoms with van der Waals surface area (Å²) in [6, 6.07) is 0.131. The summed E-state index contributed by atoms with van der Waals surface area (Å²) >= 11 is 12.2. The van der Waals surface area contributed by atoms with Crippen LogP contribution in [0, 0.1) is 0 Å². The molecule has 2 atom stereocenters. The molecule has 0 bridgehead atoms. The van der Waals surface area contributed by atoms with Crippen LogP contribution in [0.2, 0.25) is 5.02 Å². The van der Waals surface area contributed by atoms with E-state index in [4.69, 9.17) is 23.2 Å². The van der Waals surface area contributed by atoms with E-state index in [1.165, 1.54) is 12.7 Å². The highest BCUT2D eigenvalue weighted by atomic mass is 35.5. The zero-order valence-corrected chi connectivity index (χ0v) is 10.9. The standard InChI is InChI=1S/C11H15Cl2N3O/c12-7-4-2-1-3-5-8(7)16-10-9(13)11(17)15-6-14-10/h6-8H,1-5H2,(H2,14,15,16,17). The smallest absolute Gasteiger partial charge is 0.271 e. The van der Waals surface area contributed by atoms with E-state index in [-0.39, 0.29) is 22.0 Å². The lowest BCUT2D eigenvalue weighted by Gasteiger charge is -2.21. The predicted molar refractivity (Wildman–Crippen MR) is 70.0 cm³/mol. The highest BCUT2D eigenvalue weighted by Crippen LogP contribution is 2.25. The van der Waals surface area contributed by atoms with E-state index in [2.05, 4.69) is 15.3 Å². The molecule has 4 nitrogen and oxygen atoms in total.